The lowest BCUT2D eigenvalue weighted by molar-refractivity contribution is -0.139. The van der Waals surface area contributed by atoms with Crippen LogP contribution >= 0.6 is 27.3 Å². The van der Waals surface area contributed by atoms with E-state index in [2.05, 4.69) is 26.0 Å². The fraction of sp³-hybridized carbons (Fsp3) is 0.400. The van der Waals surface area contributed by atoms with E-state index in [0.29, 0.717) is 10.6 Å². The third kappa shape index (κ3) is 4.01. The zero-order valence-corrected chi connectivity index (χ0v) is 11.8. The molecule has 0 fully saturated rings. The van der Waals surface area contributed by atoms with Crippen molar-refractivity contribution in [2.45, 2.75) is 4.83 Å². The van der Waals surface area contributed by atoms with E-state index in [0.717, 1.165) is 0 Å². The number of alkyl halides is 1. The Balaban J connectivity index is 2.47. The summed E-state index contributed by atoms with van der Waals surface area (Å²) in [5, 5.41) is 4.36. The molecule has 1 unspecified atom stereocenters. The Morgan fingerprint density at radius 3 is 2.76 bits per heavy atom. The SMILES string of the molecule is COC(=O)C(Br)CNC(=O)c1cc(OC)cs1. The number of hydrogen-bond acceptors (Lipinski definition) is 5. The number of rotatable bonds is 5. The van der Waals surface area contributed by atoms with Crippen LogP contribution in [0.4, 0.5) is 0 Å². The second kappa shape index (κ2) is 6.61. The topological polar surface area (TPSA) is 64.6 Å². The van der Waals surface area contributed by atoms with Crippen molar-refractivity contribution in [3.63, 3.8) is 0 Å². The number of amides is 1. The van der Waals surface area contributed by atoms with Crippen LogP contribution in [0, 0.1) is 0 Å². The third-order valence-electron chi connectivity index (χ3n) is 1.93. The number of esters is 1. The quantitative estimate of drug-likeness (QED) is 0.658. The highest BCUT2D eigenvalue weighted by Gasteiger charge is 2.17. The van der Waals surface area contributed by atoms with Crippen molar-refractivity contribution >= 4 is 39.1 Å². The van der Waals surface area contributed by atoms with Crippen LogP contribution < -0.4 is 10.1 Å². The third-order valence-corrected chi connectivity index (χ3v) is 3.54. The molecule has 5 nitrogen and oxygen atoms in total. The molecule has 94 valence electrons. The first-order valence-electron chi connectivity index (χ1n) is 4.71. The van der Waals surface area contributed by atoms with Gasteiger partial charge in [0.25, 0.3) is 5.91 Å². The zero-order chi connectivity index (χ0) is 12.8. The summed E-state index contributed by atoms with van der Waals surface area (Å²) in [6, 6.07) is 1.64. The monoisotopic (exact) mass is 321 g/mol. The van der Waals surface area contributed by atoms with E-state index >= 15 is 0 Å². The van der Waals surface area contributed by atoms with Gasteiger partial charge in [0.05, 0.1) is 19.1 Å². The Morgan fingerprint density at radius 2 is 2.24 bits per heavy atom. The Labute approximate surface area is 111 Å². The average molecular weight is 322 g/mol. The summed E-state index contributed by atoms with van der Waals surface area (Å²) in [5.41, 5.74) is 0. The molecule has 1 rings (SSSR count). The van der Waals surface area contributed by atoms with Gasteiger partial charge in [0.15, 0.2) is 0 Å². The second-order valence-corrected chi connectivity index (χ2v) is 5.07. The molecule has 0 saturated carbocycles. The molecule has 1 amide bonds. The van der Waals surface area contributed by atoms with Gasteiger partial charge in [-0.05, 0) is 0 Å². The van der Waals surface area contributed by atoms with Crippen LogP contribution in [0.2, 0.25) is 0 Å². The van der Waals surface area contributed by atoms with Gasteiger partial charge in [-0.2, -0.15) is 0 Å². The number of methoxy groups -OCH3 is 2. The summed E-state index contributed by atoms with van der Waals surface area (Å²) in [4.78, 5) is 22.7. The number of hydrogen-bond donors (Lipinski definition) is 1. The van der Waals surface area contributed by atoms with Crippen molar-refractivity contribution in [1.82, 2.24) is 5.32 Å². The largest absolute Gasteiger partial charge is 0.496 e. The number of ether oxygens (including phenoxy) is 2. The highest BCUT2D eigenvalue weighted by Crippen LogP contribution is 2.20. The first-order valence-corrected chi connectivity index (χ1v) is 6.50. The van der Waals surface area contributed by atoms with E-state index in [9.17, 15) is 9.59 Å². The molecule has 1 heterocycles. The van der Waals surface area contributed by atoms with Crippen molar-refractivity contribution < 1.29 is 19.1 Å². The number of carbonyl (C=O) groups is 2. The highest BCUT2D eigenvalue weighted by molar-refractivity contribution is 9.10. The molecular formula is C10H12BrNO4S. The van der Waals surface area contributed by atoms with Crippen LogP contribution in [0.25, 0.3) is 0 Å². The van der Waals surface area contributed by atoms with E-state index in [1.165, 1.54) is 25.6 Å². The fourth-order valence-corrected chi connectivity index (χ4v) is 2.15. The maximum atomic E-state index is 11.7. The molecule has 17 heavy (non-hydrogen) atoms. The predicted octanol–water partition coefficient (Wildman–Crippen LogP) is 1.42. The predicted molar refractivity (Wildman–Crippen MR) is 67.9 cm³/mol. The molecule has 0 aliphatic rings. The Bertz CT molecular complexity index is 407. The van der Waals surface area contributed by atoms with E-state index < -0.39 is 10.8 Å². The van der Waals surface area contributed by atoms with Gasteiger partial charge >= 0.3 is 5.97 Å². The van der Waals surface area contributed by atoms with Gasteiger partial charge in [-0.3, -0.25) is 9.59 Å². The molecule has 1 aromatic rings. The summed E-state index contributed by atoms with van der Waals surface area (Å²) >= 11 is 4.39. The number of carbonyl (C=O) groups excluding carboxylic acids is 2. The smallest absolute Gasteiger partial charge is 0.321 e. The van der Waals surface area contributed by atoms with Crippen molar-refractivity contribution in [3.05, 3.63) is 16.3 Å². The Kier molecular flexibility index (Phi) is 5.43. The minimum atomic E-state index is -0.543. The number of nitrogens with one attached hydrogen (secondary N) is 1. The molecule has 0 aliphatic heterocycles. The molecular weight excluding hydrogens is 310 g/mol. The van der Waals surface area contributed by atoms with Gasteiger partial charge in [-0.15, -0.1) is 11.3 Å². The van der Waals surface area contributed by atoms with Gasteiger partial charge in [0.1, 0.15) is 10.6 Å². The summed E-state index contributed by atoms with van der Waals surface area (Å²) < 4.78 is 9.49. The molecule has 0 aliphatic carbocycles. The van der Waals surface area contributed by atoms with Gasteiger partial charge in [0, 0.05) is 18.0 Å². The number of halogens is 1. The molecule has 0 aromatic carbocycles. The molecule has 1 aromatic heterocycles. The lowest BCUT2D eigenvalue weighted by atomic mass is 10.4. The highest BCUT2D eigenvalue weighted by atomic mass is 79.9. The van der Waals surface area contributed by atoms with E-state index in [1.807, 2.05) is 0 Å². The van der Waals surface area contributed by atoms with Gasteiger partial charge in [0.2, 0.25) is 0 Å². The lowest BCUT2D eigenvalue weighted by Gasteiger charge is -2.08. The van der Waals surface area contributed by atoms with Crippen LogP contribution in [0.1, 0.15) is 9.67 Å². The normalized spacial score (nSPS) is 11.7. The van der Waals surface area contributed by atoms with Crippen molar-refractivity contribution in [2.24, 2.45) is 0 Å². The zero-order valence-electron chi connectivity index (χ0n) is 9.36. The van der Waals surface area contributed by atoms with Crippen LogP contribution in [0.15, 0.2) is 11.4 Å². The molecule has 0 bridgehead atoms. The summed E-state index contributed by atoms with van der Waals surface area (Å²) in [7, 11) is 2.83. The van der Waals surface area contributed by atoms with Crippen molar-refractivity contribution in [2.75, 3.05) is 20.8 Å². The van der Waals surface area contributed by atoms with Gasteiger partial charge < -0.3 is 14.8 Å². The second-order valence-electron chi connectivity index (χ2n) is 3.05. The average Bonchev–Trinajstić information content (AvgIpc) is 2.83. The maximum Gasteiger partial charge on any atom is 0.321 e. The van der Waals surface area contributed by atoms with E-state index in [-0.39, 0.29) is 12.5 Å². The van der Waals surface area contributed by atoms with Crippen molar-refractivity contribution in [1.29, 1.82) is 0 Å². The van der Waals surface area contributed by atoms with Crippen molar-refractivity contribution in [3.8, 4) is 5.75 Å². The molecule has 0 saturated heterocycles. The fourth-order valence-electron chi connectivity index (χ4n) is 1.03. The minimum absolute atomic E-state index is 0.172. The Hall–Kier alpha value is -1.08. The molecule has 0 radical (unpaired) electrons. The summed E-state index contributed by atoms with van der Waals surface area (Å²) in [6.45, 7) is 0.172. The summed E-state index contributed by atoms with van der Waals surface area (Å²) in [6.07, 6.45) is 0. The van der Waals surface area contributed by atoms with Gasteiger partial charge in [-0.1, -0.05) is 15.9 Å². The summed E-state index contributed by atoms with van der Waals surface area (Å²) in [5.74, 6) is -0.0239. The van der Waals surface area contributed by atoms with Crippen LogP contribution in [0.3, 0.4) is 0 Å². The van der Waals surface area contributed by atoms with Gasteiger partial charge in [-0.25, -0.2) is 0 Å². The molecule has 7 heteroatoms. The van der Waals surface area contributed by atoms with E-state index in [1.54, 1.807) is 11.4 Å². The Morgan fingerprint density at radius 1 is 1.53 bits per heavy atom. The van der Waals surface area contributed by atoms with E-state index in [4.69, 9.17) is 4.74 Å². The number of thiophene rings is 1. The standard InChI is InChI=1S/C10H12BrNO4S/c1-15-6-3-8(17-5-6)9(13)12-4-7(11)10(14)16-2/h3,5,7H,4H2,1-2H3,(H,12,13). The first kappa shape index (κ1) is 14.0. The lowest BCUT2D eigenvalue weighted by Crippen LogP contribution is -2.33. The first-order chi connectivity index (χ1) is 8.08. The molecule has 1 N–H and O–H groups in total. The molecule has 0 spiro atoms. The molecule has 1 atom stereocenters. The van der Waals surface area contributed by atoms with Crippen LogP contribution in [-0.4, -0.2) is 37.5 Å². The maximum absolute atomic E-state index is 11.7. The minimum Gasteiger partial charge on any atom is -0.496 e. The van der Waals surface area contributed by atoms with Crippen LogP contribution in [0.5, 0.6) is 5.75 Å². The van der Waals surface area contributed by atoms with Crippen LogP contribution in [-0.2, 0) is 9.53 Å².